The summed E-state index contributed by atoms with van der Waals surface area (Å²) in [7, 11) is 0. The molecule has 0 bridgehead atoms. The van der Waals surface area contributed by atoms with E-state index in [4.69, 9.17) is 30.2 Å². The number of aromatic nitrogens is 2. The van der Waals surface area contributed by atoms with Gasteiger partial charge in [0, 0.05) is 17.2 Å². The molecule has 0 fully saturated rings. The smallest absolute Gasteiger partial charge is 0.332 e. The van der Waals surface area contributed by atoms with Crippen LogP contribution in [-0.2, 0) is 6.18 Å². The molecule has 1 heterocycles. The quantitative estimate of drug-likeness (QED) is 0.433. The fourth-order valence-electron chi connectivity index (χ4n) is 1.51. The Kier molecular flexibility index (Phi) is 6.28. The zero-order valence-corrected chi connectivity index (χ0v) is 14.9. The molecule has 0 aliphatic rings. The third-order valence-electron chi connectivity index (χ3n) is 2.44. The van der Waals surface area contributed by atoms with E-state index in [1.165, 1.54) is 17.8 Å². The Balaban J connectivity index is 2.02. The highest BCUT2D eigenvalue weighted by atomic mass is 35.5. The van der Waals surface area contributed by atoms with E-state index in [1.807, 2.05) is 0 Å². The number of nitrogens with one attached hydrogen (secondary N) is 2. The first kappa shape index (κ1) is 18.8. The molecule has 0 saturated heterocycles. The van der Waals surface area contributed by atoms with Gasteiger partial charge in [-0.2, -0.15) is 22.5 Å². The first-order valence-electron chi connectivity index (χ1n) is 6.14. The van der Waals surface area contributed by atoms with E-state index in [9.17, 15) is 13.2 Å². The van der Waals surface area contributed by atoms with Crippen molar-refractivity contribution in [1.82, 2.24) is 9.36 Å². The van der Waals surface area contributed by atoms with Crippen LogP contribution in [-0.4, -0.2) is 20.2 Å². The number of hydrogen-bond acceptors (Lipinski definition) is 5. The Hall–Kier alpha value is -1.54. The van der Waals surface area contributed by atoms with Gasteiger partial charge in [0.15, 0.2) is 5.11 Å². The van der Waals surface area contributed by atoms with E-state index in [-0.39, 0.29) is 15.8 Å². The van der Waals surface area contributed by atoms with Crippen LogP contribution in [0.4, 0.5) is 24.0 Å². The maximum atomic E-state index is 12.8. The largest absolute Gasteiger partial charge is 0.417 e. The van der Waals surface area contributed by atoms with Gasteiger partial charge >= 0.3 is 6.18 Å². The minimum absolute atomic E-state index is 0.0788. The van der Waals surface area contributed by atoms with Gasteiger partial charge < -0.3 is 10.6 Å². The van der Waals surface area contributed by atoms with E-state index >= 15 is 0 Å². The topological polar surface area (TPSA) is 49.8 Å². The zero-order valence-electron chi connectivity index (χ0n) is 11.6. The molecule has 24 heavy (non-hydrogen) atoms. The first-order chi connectivity index (χ1) is 11.3. The van der Waals surface area contributed by atoms with Gasteiger partial charge in [0.25, 0.3) is 0 Å². The van der Waals surface area contributed by atoms with Crippen LogP contribution in [0, 0.1) is 12.3 Å². The number of thiocarbonyl (C=S) groups is 1. The van der Waals surface area contributed by atoms with Gasteiger partial charge in [-0.1, -0.05) is 29.3 Å². The number of benzene rings is 1. The Morgan fingerprint density at radius 2 is 2.17 bits per heavy atom. The van der Waals surface area contributed by atoms with Gasteiger partial charge in [-0.15, -0.1) is 6.42 Å². The van der Waals surface area contributed by atoms with Crippen LogP contribution < -0.4 is 10.6 Å². The Morgan fingerprint density at radius 3 is 2.83 bits per heavy atom. The van der Waals surface area contributed by atoms with Gasteiger partial charge in [-0.25, -0.2) is 0 Å². The number of hydrogen-bond donors (Lipinski definition) is 2. The molecule has 126 valence electrons. The second kappa shape index (κ2) is 8.02. The fourth-order valence-corrected chi connectivity index (χ4v) is 3.24. The van der Waals surface area contributed by atoms with Crippen LogP contribution in [0.2, 0.25) is 5.02 Å². The van der Waals surface area contributed by atoms with Crippen molar-refractivity contribution in [3.8, 4) is 12.3 Å². The molecule has 1 aromatic carbocycles. The third-order valence-corrected chi connectivity index (χ3v) is 4.47. The molecular weight excluding hydrogens is 401 g/mol. The summed E-state index contributed by atoms with van der Waals surface area (Å²) < 4.78 is 42.5. The minimum atomic E-state index is -4.55. The normalized spacial score (nSPS) is 11.0. The van der Waals surface area contributed by atoms with Crippen LogP contribution in [0.5, 0.6) is 0 Å². The van der Waals surface area contributed by atoms with Crippen molar-refractivity contribution < 1.29 is 13.2 Å². The van der Waals surface area contributed by atoms with E-state index in [0.717, 1.165) is 23.7 Å². The summed E-state index contributed by atoms with van der Waals surface area (Å²) in [6, 6.07) is 3.42. The highest BCUT2D eigenvalue weighted by molar-refractivity contribution is 7.99. The van der Waals surface area contributed by atoms with E-state index in [2.05, 4.69) is 25.9 Å². The number of thioether (sulfide) groups is 1. The predicted octanol–water partition coefficient (Wildman–Crippen LogP) is 4.74. The molecule has 2 N–H and O–H groups in total. The van der Waals surface area contributed by atoms with Crippen molar-refractivity contribution in [3.05, 3.63) is 28.8 Å². The molecule has 0 spiro atoms. The monoisotopic (exact) mass is 408 g/mol. The Morgan fingerprint density at radius 1 is 1.42 bits per heavy atom. The number of terminal acetylenes is 1. The average molecular weight is 409 g/mol. The van der Waals surface area contributed by atoms with Crippen molar-refractivity contribution in [2.45, 2.75) is 11.3 Å². The van der Waals surface area contributed by atoms with Crippen LogP contribution in [0.3, 0.4) is 0 Å². The molecule has 4 nitrogen and oxygen atoms in total. The summed E-state index contributed by atoms with van der Waals surface area (Å²) in [4.78, 5) is 4.14. The Labute approximate surface area is 154 Å². The van der Waals surface area contributed by atoms with Crippen molar-refractivity contribution in [2.24, 2.45) is 0 Å². The minimum Gasteiger partial charge on any atom is -0.332 e. The molecule has 0 aliphatic heterocycles. The molecule has 11 heteroatoms. The number of halogens is 4. The molecule has 0 amide bonds. The molecule has 0 radical (unpaired) electrons. The molecule has 0 unspecified atom stereocenters. The van der Waals surface area contributed by atoms with Crippen LogP contribution in [0.15, 0.2) is 23.4 Å². The number of anilines is 2. The summed E-state index contributed by atoms with van der Waals surface area (Å²) in [5.74, 6) is 2.88. The number of rotatable bonds is 4. The molecule has 0 atom stereocenters. The van der Waals surface area contributed by atoms with E-state index in [1.54, 1.807) is 0 Å². The lowest BCUT2D eigenvalue weighted by molar-refractivity contribution is -0.137. The SMILES string of the molecule is C#CCSc1nsc(NC(=S)Nc2ccc(Cl)c(C(F)(F)F)c2)n1. The summed E-state index contributed by atoms with van der Waals surface area (Å²) >= 11 is 13.0. The molecule has 0 saturated carbocycles. The van der Waals surface area contributed by atoms with Gasteiger partial charge in [0.1, 0.15) is 0 Å². The van der Waals surface area contributed by atoms with Crippen LogP contribution in [0.1, 0.15) is 5.56 Å². The molecule has 1 aromatic heterocycles. The summed E-state index contributed by atoms with van der Waals surface area (Å²) in [6.07, 6.45) is 0.595. The summed E-state index contributed by atoms with van der Waals surface area (Å²) in [6.45, 7) is 0. The molecule has 2 aromatic rings. The van der Waals surface area contributed by atoms with Crippen molar-refractivity contribution in [2.75, 3.05) is 16.4 Å². The van der Waals surface area contributed by atoms with Gasteiger partial charge in [-0.3, -0.25) is 0 Å². The van der Waals surface area contributed by atoms with Crippen LogP contribution in [0.25, 0.3) is 0 Å². The van der Waals surface area contributed by atoms with Gasteiger partial charge in [0.2, 0.25) is 10.3 Å². The van der Waals surface area contributed by atoms with E-state index < -0.39 is 11.7 Å². The van der Waals surface area contributed by atoms with Gasteiger partial charge in [-0.05, 0) is 30.4 Å². The molecule has 2 rings (SSSR count). The highest BCUT2D eigenvalue weighted by Gasteiger charge is 2.33. The highest BCUT2D eigenvalue weighted by Crippen LogP contribution is 2.36. The Bertz CT molecular complexity index is 785. The number of alkyl halides is 3. The predicted molar refractivity (Wildman–Crippen MR) is 95.8 cm³/mol. The van der Waals surface area contributed by atoms with Crippen molar-refractivity contribution in [1.29, 1.82) is 0 Å². The second-order valence-corrected chi connectivity index (χ2v) is 6.66. The summed E-state index contributed by atoms with van der Waals surface area (Å²) in [5.41, 5.74) is -0.795. The number of nitrogens with zero attached hydrogens (tertiary/aromatic N) is 2. The standard InChI is InChI=1S/C13H8ClF3N4S3/c1-2-5-23-12-20-11(24-21-12)19-10(22)18-7-3-4-9(14)8(6-7)13(15,16)17/h1,3-4,6H,5H2,(H2,18,19,20,21,22). The van der Waals surface area contributed by atoms with E-state index in [0.29, 0.717) is 16.0 Å². The third kappa shape index (κ3) is 5.24. The fraction of sp³-hybridized carbons (Fsp3) is 0.154. The van der Waals surface area contributed by atoms with Crippen LogP contribution >= 0.6 is 47.1 Å². The molecule has 0 aliphatic carbocycles. The molecular formula is C13H8ClF3N4S3. The summed E-state index contributed by atoms with van der Waals surface area (Å²) in [5, 5.41) is 5.98. The van der Waals surface area contributed by atoms with Gasteiger partial charge in [0.05, 0.1) is 16.3 Å². The lowest BCUT2D eigenvalue weighted by Crippen LogP contribution is -2.19. The average Bonchev–Trinajstić information content (AvgIpc) is 2.93. The maximum absolute atomic E-state index is 12.8. The lowest BCUT2D eigenvalue weighted by atomic mass is 10.2. The lowest BCUT2D eigenvalue weighted by Gasteiger charge is -2.12. The zero-order chi connectivity index (χ0) is 17.7. The van der Waals surface area contributed by atoms with Crippen molar-refractivity contribution >= 4 is 63.0 Å². The second-order valence-electron chi connectivity index (χ2n) is 4.15. The maximum Gasteiger partial charge on any atom is 0.417 e. The first-order valence-corrected chi connectivity index (χ1v) is 8.69. The van der Waals surface area contributed by atoms with Crippen molar-refractivity contribution in [3.63, 3.8) is 0 Å².